The minimum atomic E-state index is -0.720. The predicted octanol–water partition coefficient (Wildman–Crippen LogP) is 2.03. The van der Waals surface area contributed by atoms with Gasteiger partial charge in [-0.05, 0) is 49.2 Å². The number of nitrogens with one attached hydrogen (secondary N) is 2. The topological polar surface area (TPSA) is 105 Å². The van der Waals surface area contributed by atoms with Gasteiger partial charge in [-0.3, -0.25) is 19.2 Å². The quantitative estimate of drug-likeness (QED) is 0.681. The van der Waals surface area contributed by atoms with Crippen LogP contribution in [0.1, 0.15) is 28.8 Å². The van der Waals surface area contributed by atoms with Crippen molar-refractivity contribution in [2.24, 2.45) is 0 Å². The lowest BCUT2D eigenvalue weighted by atomic mass is 10.2. The number of amides is 3. The lowest BCUT2D eigenvalue weighted by Crippen LogP contribution is -2.32. The largest absolute Gasteiger partial charge is 0.454 e. The second-order valence-electron chi connectivity index (χ2n) is 6.90. The fourth-order valence-corrected chi connectivity index (χ4v) is 3.06. The summed E-state index contributed by atoms with van der Waals surface area (Å²) in [7, 11) is 0. The first-order valence-electron chi connectivity index (χ1n) is 9.64. The summed E-state index contributed by atoms with van der Waals surface area (Å²) in [5.41, 5.74) is 2.64. The lowest BCUT2D eigenvalue weighted by molar-refractivity contribution is -0.146. The van der Waals surface area contributed by atoms with Crippen LogP contribution in [0.4, 0.5) is 11.4 Å². The Labute approximate surface area is 174 Å². The van der Waals surface area contributed by atoms with Gasteiger partial charge in [0.05, 0.1) is 0 Å². The van der Waals surface area contributed by atoms with Crippen LogP contribution < -0.4 is 15.5 Å². The zero-order valence-electron chi connectivity index (χ0n) is 16.6. The number of carbonyl (C=O) groups is 4. The zero-order valence-corrected chi connectivity index (χ0v) is 16.6. The molecule has 2 aromatic rings. The predicted molar refractivity (Wildman–Crippen MR) is 111 cm³/mol. The maximum atomic E-state index is 12.2. The van der Waals surface area contributed by atoms with Crippen molar-refractivity contribution in [1.29, 1.82) is 0 Å². The first-order valence-corrected chi connectivity index (χ1v) is 9.64. The summed E-state index contributed by atoms with van der Waals surface area (Å²) in [4.78, 5) is 49.3. The highest BCUT2D eigenvalue weighted by Crippen LogP contribution is 2.21. The van der Waals surface area contributed by atoms with Crippen molar-refractivity contribution < 1.29 is 23.9 Å². The van der Waals surface area contributed by atoms with Gasteiger partial charge in [-0.25, -0.2) is 0 Å². The minimum absolute atomic E-state index is 0.0707. The van der Waals surface area contributed by atoms with Crippen LogP contribution >= 0.6 is 0 Å². The van der Waals surface area contributed by atoms with E-state index in [1.807, 2.05) is 19.1 Å². The molecule has 0 bridgehead atoms. The number of hydrogen-bond acceptors (Lipinski definition) is 5. The Morgan fingerprint density at radius 3 is 2.47 bits per heavy atom. The van der Waals surface area contributed by atoms with Crippen molar-refractivity contribution in [2.45, 2.75) is 19.8 Å². The van der Waals surface area contributed by atoms with E-state index in [2.05, 4.69) is 10.6 Å². The third-order valence-electron chi connectivity index (χ3n) is 4.69. The molecule has 0 aromatic heterocycles. The lowest BCUT2D eigenvalue weighted by Gasteiger charge is -2.15. The monoisotopic (exact) mass is 409 g/mol. The Morgan fingerprint density at radius 2 is 1.80 bits per heavy atom. The molecule has 156 valence electrons. The van der Waals surface area contributed by atoms with E-state index in [4.69, 9.17) is 4.74 Å². The molecule has 8 nitrogen and oxygen atoms in total. The number of carbonyl (C=O) groups excluding carboxylic acids is 4. The van der Waals surface area contributed by atoms with E-state index < -0.39 is 24.4 Å². The van der Waals surface area contributed by atoms with Crippen LogP contribution in [0.2, 0.25) is 0 Å². The van der Waals surface area contributed by atoms with Crippen molar-refractivity contribution in [3.8, 4) is 0 Å². The van der Waals surface area contributed by atoms with Crippen LogP contribution in [0.25, 0.3) is 0 Å². The summed E-state index contributed by atoms with van der Waals surface area (Å²) >= 11 is 0. The maximum absolute atomic E-state index is 12.2. The zero-order chi connectivity index (χ0) is 21.5. The molecule has 0 atom stereocenters. The average molecular weight is 409 g/mol. The van der Waals surface area contributed by atoms with E-state index in [-0.39, 0.29) is 12.5 Å². The SMILES string of the molecule is Cc1ccccc1NC(=O)COC(=O)CNC(=O)c1ccc(N2CCCC2=O)cc1. The molecule has 2 N–H and O–H groups in total. The summed E-state index contributed by atoms with van der Waals surface area (Å²) in [5.74, 6) is -1.56. The molecule has 3 rings (SSSR count). The number of esters is 1. The Morgan fingerprint density at radius 1 is 1.07 bits per heavy atom. The fraction of sp³-hybridized carbons (Fsp3) is 0.273. The van der Waals surface area contributed by atoms with Crippen molar-refractivity contribution in [1.82, 2.24) is 5.32 Å². The van der Waals surface area contributed by atoms with E-state index in [0.29, 0.717) is 24.2 Å². The smallest absolute Gasteiger partial charge is 0.325 e. The Balaban J connectivity index is 1.42. The number of nitrogens with zero attached hydrogens (tertiary/aromatic N) is 1. The molecule has 0 radical (unpaired) electrons. The van der Waals surface area contributed by atoms with Gasteiger partial charge in [0.15, 0.2) is 6.61 Å². The van der Waals surface area contributed by atoms with Gasteiger partial charge in [0.1, 0.15) is 6.54 Å². The summed E-state index contributed by atoms with van der Waals surface area (Å²) < 4.78 is 4.89. The second-order valence-corrected chi connectivity index (χ2v) is 6.90. The second kappa shape index (κ2) is 9.69. The highest BCUT2D eigenvalue weighted by molar-refractivity contribution is 5.98. The van der Waals surface area contributed by atoms with Crippen LogP contribution in [0.15, 0.2) is 48.5 Å². The van der Waals surface area contributed by atoms with Crippen molar-refractivity contribution in [3.05, 3.63) is 59.7 Å². The highest BCUT2D eigenvalue weighted by Gasteiger charge is 2.21. The molecule has 0 saturated carbocycles. The van der Waals surface area contributed by atoms with Crippen molar-refractivity contribution >= 4 is 35.1 Å². The Bertz CT molecular complexity index is 956. The molecule has 30 heavy (non-hydrogen) atoms. The van der Waals surface area contributed by atoms with Gasteiger partial charge in [0, 0.05) is 29.9 Å². The Hall–Kier alpha value is -3.68. The van der Waals surface area contributed by atoms with Crippen LogP contribution in [0.3, 0.4) is 0 Å². The molecule has 1 aliphatic rings. The molecule has 8 heteroatoms. The fourth-order valence-electron chi connectivity index (χ4n) is 3.06. The molecule has 2 aromatic carbocycles. The van der Waals surface area contributed by atoms with E-state index in [9.17, 15) is 19.2 Å². The van der Waals surface area contributed by atoms with Gasteiger partial charge in [-0.2, -0.15) is 0 Å². The average Bonchev–Trinajstić information content (AvgIpc) is 3.18. The number of rotatable bonds is 7. The van der Waals surface area contributed by atoms with Crippen LogP contribution in [0, 0.1) is 6.92 Å². The van der Waals surface area contributed by atoms with Crippen molar-refractivity contribution in [2.75, 3.05) is 29.9 Å². The highest BCUT2D eigenvalue weighted by atomic mass is 16.5. The van der Waals surface area contributed by atoms with Crippen LogP contribution in [-0.2, 0) is 19.1 Å². The maximum Gasteiger partial charge on any atom is 0.325 e. The first-order chi connectivity index (χ1) is 14.4. The normalized spacial score (nSPS) is 13.1. The minimum Gasteiger partial charge on any atom is -0.454 e. The van der Waals surface area contributed by atoms with Gasteiger partial charge in [0.2, 0.25) is 5.91 Å². The molecular weight excluding hydrogens is 386 g/mol. The Kier molecular flexibility index (Phi) is 6.79. The summed E-state index contributed by atoms with van der Waals surface area (Å²) in [6.07, 6.45) is 1.36. The van der Waals surface area contributed by atoms with Crippen LogP contribution in [-0.4, -0.2) is 43.4 Å². The number of anilines is 2. The van der Waals surface area contributed by atoms with Crippen LogP contribution in [0.5, 0.6) is 0 Å². The van der Waals surface area contributed by atoms with Gasteiger partial charge >= 0.3 is 5.97 Å². The molecule has 1 heterocycles. The molecule has 3 amide bonds. The number of aryl methyl sites for hydroxylation is 1. The van der Waals surface area contributed by atoms with E-state index >= 15 is 0 Å². The van der Waals surface area contributed by atoms with Gasteiger partial charge in [-0.15, -0.1) is 0 Å². The van der Waals surface area contributed by atoms with E-state index in [1.165, 1.54) is 0 Å². The molecular formula is C22H23N3O5. The molecule has 1 fully saturated rings. The first kappa shape index (κ1) is 21.0. The van der Waals surface area contributed by atoms with E-state index in [1.54, 1.807) is 41.3 Å². The molecule has 1 aliphatic heterocycles. The van der Waals surface area contributed by atoms with Crippen molar-refractivity contribution in [3.63, 3.8) is 0 Å². The number of benzene rings is 2. The molecule has 0 aliphatic carbocycles. The van der Waals surface area contributed by atoms with E-state index in [0.717, 1.165) is 17.7 Å². The third-order valence-corrected chi connectivity index (χ3v) is 4.69. The van der Waals surface area contributed by atoms with Gasteiger partial charge in [0.25, 0.3) is 11.8 Å². The summed E-state index contributed by atoms with van der Waals surface area (Å²) in [5, 5.41) is 5.11. The standard InChI is InChI=1S/C22H23N3O5/c1-15-5-2-3-6-18(15)24-19(26)14-30-21(28)13-23-22(29)16-8-10-17(11-9-16)25-12-4-7-20(25)27/h2-3,5-6,8-11H,4,7,12-14H2,1H3,(H,23,29)(H,24,26). The molecule has 0 spiro atoms. The molecule has 1 saturated heterocycles. The summed E-state index contributed by atoms with van der Waals surface area (Å²) in [6.45, 7) is 1.73. The number of hydrogen-bond donors (Lipinski definition) is 2. The van der Waals surface area contributed by atoms with Gasteiger partial charge in [-0.1, -0.05) is 18.2 Å². The number of ether oxygens (including phenoxy) is 1. The number of para-hydroxylation sites is 1. The third kappa shape index (κ3) is 5.44. The summed E-state index contributed by atoms with van der Waals surface area (Å²) in [6, 6.07) is 13.8. The van der Waals surface area contributed by atoms with Gasteiger partial charge < -0.3 is 20.3 Å². The molecule has 0 unspecified atom stereocenters.